The van der Waals surface area contributed by atoms with Crippen LogP contribution in [0.2, 0.25) is 0 Å². The summed E-state index contributed by atoms with van der Waals surface area (Å²) in [6.07, 6.45) is 1.94. The summed E-state index contributed by atoms with van der Waals surface area (Å²) in [5, 5.41) is 0. The lowest BCUT2D eigenvalue weighted by molar-refractivity contribution is 0.0812. The van der Waals surface area contributed by atoms with Crippen LogP contribution in [0.1, 0.15) is 10.4 Å². The largest absolute Gasteiger partial charge is 0.392 e. The van der Waals surface area contributed by atoms with Gasteiger partial charge in [-0.25, -0.2) is 0 Å². The molecule has 0 atom stereocenters. The highest BCUT2D eigenvalue weighted by Crippen LogP contribution is 2.20. The molecule has 1 aromatic rings. The molecule has 0 saturated heterocycles. The fourth-order valence-electron chi connectivity index (χ4n) is 1.33. The first-order valence-electron chi connectivity index (χ1n) is 4.73. The van der Waals surface area contributed by atoms with Gasteiger partial charge in [0.25, 0.3) is 5.91 Å². The number of hydrogen-bond acceptors (Lipinski definition) is 3. The number of carbonyl (C=O) groups is 1. The molecule has 0 fully saturated rings. The molecule has 0 aliphatic heterocycles. The Morgan fingerprint density at radius 2 is 2.12 bits per heavy atom. The summed E-state index contributed by atoms with van der Waals surface area (Å²) in [6.45, 7) is 0.302. The maximum absolute atomic E-state index is 12.1. The van der Waals surface area contributed by atoms with E-state index in [2.05, 4.69) is 0 Å². The van der Waals surface area contributed by atoms with Crippen molar-refractivity contribution in [2.75, 3.05) is 19.8 Å². The average Bonchev–Trinajstić information content (AvgIpc) is 2.27. The van der Waals surface area contributed by atoms with Gasteiger partial charge in [-0.3, -0.25) is 4.79 Å². The molecular weight excluding hydrogens is 240 g/mol. The van der Waals surface area contributed by atoms with E-state index >= 15 is 0 Å². The summed E-state index contributed by atoms with van der Waals surface area (Å²) in [6, 6.07) is 7.49. The van der Waals surface area contributed by atoms with Crippen molar-refractivity contribution in [3.63, 3.8) is 0 Å². The standard InChI is InChI=1S/C11H14N2OS2/c1-13(7-10(12)15)11(14)8-5-3-4-6-9(8)16-2/h3-6H,7H2,1-2H3,(H2,12,15). The molecule has 1 rings (SSSR count). The quantitative estimate of drug-likeness (QED) is 0.657. The van der Waals surface area contributed by atoms with Crippen molar-refractivity contribution >= 4 is 34.9 Å². The molecule has 0 saturated carbocycles. The van der Waals surface area contributed by atoms with Gasteiger partial charge in [0, 0.05) is 11.9 Å². The van der Waals surface area contributed by atoms with Crippen LogP contribution in [0.15, 0.2) is 29.2 Å². The first-order chi connectivity index (χ1) is 7.56. The highest BCUT2D eigenvalue weighted by atomic mass is 32.2. The van der Waals surface area contributed by atoms with Crippen molar-refractivity contribution in [1.82, 2.24) is 4.90 Å². The highest BCUT2D eigenvalue weighted by molar-refractivity contribution is 7.98. The SMILES string of the molecule is CSc1ccccc1C(=O)N(C)CC(N)=S. The fraction of sp³-hybridized carbons (Fsp3) is 0.273. The molecule has 0 heterocycles. The predicted molar refractivity (Wildman–Crippen MR) is 72.0 cm³/mol. The van der Waals surface area contributed by atoms with E-state index in [1.54, 1.807) is 18.8 Å². The van der Waals surface area contributed by atoms with Gasteiger partial charge in [0.2, 0.25) is 0 Å². The summed E-state index contributed by atoms with van der Waals surface area (Å²) in [5.74, 6) is -0.0576. The molecule has 0 aromatic heterocycles. The Hall–Kier alpha value is -1.07. The van der Waals surface area contributed by atoms with Crippen LogP contribution in [-0.2, 0) is 0 Å². The van der Waals surface area contributed by atoms with Crippen LogP contribution in [0.4, 0.5) is 0 Å². The van der Waals surface area contributed by atoms with Gasteiger partial charge in [0.05, 0.1) is 17.1 Å². The van der Waals surface area contributed by atoms with E-state index in [4.69, 9.17) is 18.0 Å². The smallest absolute Gasteiger partial charge is 0.255 e. The van der Waals surface area contributed by atoms with Crippen LogP contribution in [0, 0.1) is 0 Å². The molecule has 16 heavy (non-hydrogen) atoms. The van der Waals surface area contributed by atoms with Crippen molar-refractivity contribution in [3.8, 4) is 0 Å². The number of benzene rings is 1. The Morgan fingerprint density at radius 1 is 1.50 bits per heavy atom. The maximum Gasteiger partial charge on any atom is 0.255 e. The van der Waals surface area contributed by atoms with E-state index < -0.39 is 0 Å². The summed E-state index contributed by atoms with van der Waals surface area (Å²) >= 11 is 6.33. The molecule has 2 N–H and O–H groups in total. The number of nitrogens with zero attached hydrogens (tertiary/aromatic N) is 1. The van der Waals surface area contributed by atoms with Crippen molar-refractivity contribution in [2.45, 2.75) is 4.90 Å². The molecule has 1 amide bonds. The third-order valence-electron chi connectivity index (χ3n) is 2.08. The minimum absolute atomic E-state index is 0.0576. The molecule has 1 aromatic carbocycles. The second-order valence-electron chi connectivity index (χ2n) is 3.33. The van der Waals surface area contributed by atoms with E-state index in [0.717, 1.165) is 4.90 Å². The van der Waals surface area contributed by atoms with Gasteiger partial charge in [-0.1, -0.05) is 24.4 Å². The zero-order chi connectivity index (χ0) is 12.1. The van der Waals surface area contributed by atoms with Gasteiger partial charge >= 0.3 is 0 Å². The lowest BCUT2D eigenvalue weighted by Crippen LogP contribution is -2.34. The Labute approximate surface area is 105 Å². The number of likely N-dealkylation sites (N-methyl/N-ethyl adjacent to an activating group) is 1. The van der Waals surface area contributed by atoms with Crippen LogP contribution in [0.25, 0.3) is 0 Å². The van der Waals surface area contributed by atoms with E-state index in [0.29, 0.717) is 17.1 Å². The number of thioether (sulfide) groups is 1. The molecule has 5 heteroatoms. The van der Waals surface area contributed by atoms with Crippen LogP contribution < -0.4 is 5.73 Å². The maximum atomic E-state index is 12.1. The van der Waals surface area contributed by atoms with Crippen LogP contribution in [0.3, 0.4) is 0 Å². The van der Waals surface area contributed by atoms with Crippen molar-refractivity contribution in [1.29, 1.82) is 0 Å². The minimum Gasteiger partial charge on any atom is -0.392 e. The van der Waals surface area contributed by atoms with E-state index in [1.807, 2.05) is 30.5 Å². The number of hydrogen-bond donors (Lipinski definition) is 1. The summed E-state index contributed by atoms with van der Waals surface area (Å²) in [5.41, 5.74) is 6.10. The summed E-state index contributed by atoms with van der Waals surface area (Å²) < 4.78 is 0. The number of thiocarbonyl (C=S) groups is 1. The van der Waals surface area contributed by atoms with Crippen molar-refractivity contribution in [2.24, 2.45) is 5.73 Å². The predicted octanol–water partition coefficient (Wildman–Crippen LogP) is 1.77. The van der Waals surface area contributed by atoms with Crippen molar-refractivity contribution in [3.05, 3.63) is 29.8 Å². The monoisotopic (exact) mass is 254 g/mol. The lowest BCUT2D eigenvalue weighted by Gasteiger charge is -2.17. The molecule has 0 unspecified atom stereocenters. The average molecular weight is 254 g/mol. The number of rotatable bonds is 4. The first kappa shape index (κ1) is 13.0. The normalized spacial score (nSPS) is 9.88. The topological polar surface area (TPSA) is 46.3 Å². The zero-order valence-corrected chi connectivity index (χ0v) is 10.9. The lowest BCUT2D eigenvalue weighted by atomic mass is 10.2. The molecule has 0 aliphatic carbocycles. The third-order valence-corrected chi connectivity index (χ3v) is 3.00. The Balaban J connectivity index is 2.91. The van der Waals surface area contributed by atoms with Gasteiger partial charge in [0.1, 0.15) is 0 Å². The van der Waals surface area contributed by atoms with Crippen LogP contribution in [0.5, 0.6) is 0 Å². The summed E-state index contributed by atoms with van der Waals surface area (Å²) in [4.78, 5) is 14.9. The molecule has 0 radical (unpaired) electrons. The van der Waals surface area contributed by atoms with E-state index in [-0.39, 0.29) is 5.91 Å². The number of carbonyl (C=O) groups excluding carboxylic acids is 1. The molecule has 0 aliphatic rings. The van der Waals surface area contributed by atoms with E-state index in [1.165, 1.54) is 4.90 Å². The summed E-state index contributed by atoms with van der Waals surface area (Å²) in [7, 11) is 1.69. The van der Waals surface area contributed by atoms with Gasteiger partial charge in [-0.15, -0.1) is 11.8 Å². The number of nitrogens with two attached hydrogens (primary N) is 1. The second kappa shape index (κ2) is 5.86. The minimum atomic E-state index is -0.0576. The molecule has 0 bridgehead atoms. The number of amides is 1. The van der Waals surface area contributed by atoms with Gasteiger partial charge in [-0.2, -0.15) is 0 Å². The highest BCUT2D eigenvalue weighted by Gasteiger charge is 2.15. The Kier molecular flexibility index (Phi) is 4.76. The first-order valence-corrected chi connectivity index (χ1v) is 6.36. The van der Waals surface area contributed by atoms with E-state index in [9.17, 15) is 4.79 Å². The molecular formula is C11H14N2OS2. The molecule has 3 nitrogen and oxygen atoms in total. The van der Waals surface area contributed by atoms with Gasteiger partial charge in [-0.05, 0) is 18.4 Å². The van der Waals surface area contributed by atoms with Gasteiger partial charge < -0.3 is 10.6 Å². The fourth-order valence-corrected chi connectivity index (χ4v) is 2.12. The van der Waals surface area contributed by atoms with Crippen molar-refractivity contribution < 1.29 is 4.79 Å². The molecule has 0 spiro atoms. The van der Waals surface area contributed by atoms with Crippen LogP contribution >= 0.6 is 24.0 Å². The van der Waals surface area contributed by atoms with Crippen LogP contribution in [-0.4, -0.2) is 35.6 Å². The molecule has 86 valence electrons. The second-order valence-corrected chi connectivity index (χ2v) is 4.70. The zero-order valence-electron chi connectivity index (χ0n) is 9.27. The van der Waals surface area contributed by atoms with Gasteiger partial charge in [0.15, 0.2) is 0 Å². The Bertz CT molecular complexity index is 407. The Morgan fingerprint density at radius 3 is 2.69 bits per heavy atom. The third kappa shape index (κ3) is 3.21.